The third-order valence-electron chi connectivity index (χ3n) is 5.38. The second-order valence-electron chi connectivity index (χ2n) is 7.48. The Bertz CT molecular complexity index is 1170. The van der Waals surface area contributed by atoms with E-state index in [-0.39, 0.29) is 6.10 Å². The number of benzene rings is 2. The number of fused-ring (bicyclic) bond motifs is 2. The van der Waals surface area contributed by atoms with Gasteiger partial charge in [0.2, 0.25) is 0 Å². The molecule has 6 heteroatoms. The monoisotopic (exact) mass is 404 g/mol. The SMILES string of the molecule is CN1CCC(Oc2cccc(Cl)c2)c2ccc(-c3ccc4ncnn4c3)cc2C1. The Morgan fingerprint density at radius 2 is 1.97 bits per heavy atom. The summed E-state index contributed by atoms with van der Waals surface area (Å²) in [7, 11) is 2.15. The average Bonchev–Trinajstić information content (AvgIpc) is 3.13. The summed E-state index contributed by atoms with van der Waals surface area (Å²) < 4.78 is 8.15. The summed E-state index contributed by atoms with van der Waals surface area (Å²) in [4.78, 5) is 6.56. The van der Waals surface area contributed by atoms with Crippen molar-refractivity contribution in [2.45, 2.75) is 19.1 Å². The third-order valence-corrected chi connectivity index (χ3v) is 5.62. The van der Waals surface area contributed by atoms with Gasteiger partial charge in [0.1, 0.15) is 18.2 Å². The Labute approximate surface area is 174 Å². The standard InChI is InChI=1S/C23H21ClN4O/c1-27-10-9-22(29-20-4-2-3-19(24)12-20)21-7-5-16(11-18(21)13-27)17-6-8-23-25-15-26-28(23)14-17/h2-8,11-12,14-15,22H,9-10,13H2,1H3. The number of halogens is 1. The summed E-state index contributed by atoms with van der Waals surface area (Å²) in [5.41, 5.74) is 5.65. The predicted octanol–water partition coefficient (Wildman–Crippen LogP) is 5.01. The van der Waals surface area contributed by atoms with Crippen molar-refractivity contribution in [3.8, 4) is 16.9 Å². The van der Waals surface area contributed by atoms with E-state index in [2.05, 4.69) is 46.3 Å². The maximum atomic E-state index is 6.35. The van der Waals surface area contributed by atoms with Crippen molar-refractivity contribution in [1.82, 2.24) is 19.5 Å². The molecule has 5 nitrogen and oxygen atoms in total. The lowest BCUT2D eigenvalue weighted by atomic mass is 9.96. The van der Waals surface area contributed by atoms with Crippen molar-refractivity contribution >= 4 is 17.2 Å². The van der Waals surface area contributed by atoms with Crippen LogP contribution in [-0.4, -0.2) is 33.1 Å². The lowest BCUT2D eigenvalue weighted by Gasteiger charge is -2.20. The van der Waals surface area contributed by atoms with Gasteiger partial charge in [-0.05, 0) is 60.1 Å². The van der Waals surface area contributed by atoms with Crippen molar-refractivity contribution in [3.05, 3.63) is 83.3 Å². The van der Waals surface area contributed by atoms with Crippen LogP contribution >= 0.6 is 11.6 Å². The minimum atomic E-state index is 0.000243. The summed E-state index contributed by atoms with van der Waals surface area (Å²) in [6.07, 6.45) is 4.52. The van der Waals surface area contributed by atoms with E-state index in [4.69, 9.17) is 16.3 Å². The zero-order valence-corrected chi connectivity index (χ0v) is 16.9. The van der Waals surface area contributed by atoms with Crippen LogP contribution in [0, 0.1) is 0 Å². The molecular weight excluding hydrogens is 384 g/mol. The first-order valence-electron chi connectivity index (χ1n) is 9.69. The quantitative estimate of drug-likeness (QED) is 0.481. The van der Waals surface area contributed by atoms with Crippen molar-refractivity contribution in [2.75, 3.05) is 13.6 Å². The smallest absolute Gasteiger partial charge is 0.155 e. The van der Waals surface area contributed by atoms with E-state index in [1.165, 1.54) is 11.1 Å². The fourth-order valence-electron chi connectivity index (χ4n) is 3.91. The van der Waals surface area contributed by atoms with E-state index in [9.17, 15) is 0 Å². The van der Waals surface area contributed by atoms with Crippen LogP contribution in [0.5, 0.6) is 5.75 Å². The lowest BCUT2D eigenvalue weighted by molar-refractivity contribution is 0.182. The van der Waals surface area contributed by atoms with Gasteiger partial charge in [0, 0.05) is 36.3 Å². The highest BCUT2D eigenvalue weighted by molar-refractivity contribution is 6.30. The molecule has 1 unspecified atom stereocenters. The number of hydrogen-bond donors (Lipinski definition) is 0. The maximum Gasteiger partial charge on any atom is 0.155 e. The Morgan fingerprint density at radius 3 is 2.86 bits per heavy atom. The van der Waals surface area contributed by atoms with Crippen molar-refractivity contribution in [2.24, 2.45) is 0 Å². The van der Waals surface area contributed by atoms with Gasteiger partial charge in [-0.3, -0.25) is 0 Å². The average molecular weight is 405 g/mol. The van der Waals surface area contributed by atoms with Crippen LogP contribution in [-0.2, 0) is 6.54 Å². The molecule has 4 aromatic rings. The first kappa shape index (κ1) is 18.2. The Morgan fingerprint density at radius 1 is 1.07 bits per heavy atom. The lowest BCUT2D eigenvalue weighted by Crippen LogP contribution is -2.18. The van der Waals surface area contributed by atoms with E-state index >= 15 is 0 Å². The molecule has 1 atom stereocenters. The summed E-state index contributed by atoms with van der Waals surface area (Å²) in [5, 5.41) is 4.94. The van der Waals surface area contributed by atoms with Gasteiger partial charge in [0.25, 0.3) is 0 Å². The predicted molar refractivity (Wildman–Crippen MR) is 114 cm³/mol. The second-order valence-corrected chi connectivity index (χ2v) is 7.92. The molecular formula is C23H21ClN4O. The fraction of sp³-hybridized carbons (Fsp3) is 0.217. The van der Waals surface area contributed by atoms with Gasteiger partial charge >= 0.3 is 0 Å². The number of ether oxygens (including phenoxy) is 1. The number of nitrogens with zero attached hydrogens (tertiary/aromatic N) is 4. The molecule has 2 aromatic heterocycles. The molecule has 0 aliphatic carbocycles. The molecule has 0 bridgehead atoms. The maximum absolute atomic E-state index is 6.35. The topological polar surface area (TPSA) is 42.7 Å². The summed E-state index contributed by atoms with van der Waals surface area (Å²) in [6, 6.07) is 18.3. The Kier molecular flexibility index (Phi) is 4.70. The number of rotatable bonds is 3. The molecule has 0 fully saturated rings. The highest BCUT2D eigenvalue weighted by Gasteiger charge is 2.23. The number of hydrogen-bond acceptors (Lipinski definition) is 4. The highest BCUT2D eigenvalue weighted by Crippen LogP contribution is 2.34. The molecule has 3 heterocycles. The first-order valence-corrected chi connectivity index (χ1v) is 10.1. The van der Waals surface area contributed by atoms with Gasteiger partial charge in [0.15, 0.2) is 5.65 Å². The van der Waals surface area contributed by atoms with Crippen LogP contribution in [0.4, 0.5) is 0 Å². The molecule has 2 aromatic carbocycles. The van der Waals surface area contributed by atoms with E-state index in [0.717, 1.165) is 42.0 Å². The van der Waals surface area contributed by atoms with Gasteiger partial charge < -0.3 is 9.64 Å². The van der Waals surface area contributed by atoms with Crippen LogP contribution in [0.2, 0.25) is 5.02 Å². The van der Waals surface area contributed by atoms with E-state index in [1.54, 1.807) is 10.8 Å². The molecule has 0 spiro atoms. The van der Waals surface area contributed by atoms with Gasteiger partial charge in [-0.1, -0.05) is 29.8 Å². The third kappa shape index (κ3) is 3.71. The van der Waals surface area contributed by atoms with Crippen LogP contribution in [0.1, 0.15) is 23.7 Å². The van der Waals surface area contributed by atoms with Crippen molar-refractivity contribution < 1.29 is 4.74 Å². The zero-order valence-electron chi connectivity index (χ0n) is 16.1. The van der Waals surface area contributed by atoms with Gasteiger partial charge in [0.05, 0.1) is 0 Å². The second kappa shape index (κ2) is 7.50. The molecule has 146 valence electrons. The largest absolute Gasteiger partial charge is 0.486 e. The molecule has 1 aliphatic heterocycles. The molecule has 0 radical (unpaired) electrons. The van der Waals surface area contributed by atoms with Gasteiger partial charge in [-0.15, -0.1) is 0 Å². The summed E-state index contributed by atoms with van der Waals surface area (Å²) >= 11 is 6.14. The number of pyridine rings is 1. The minimum absolute atomic E-state index is 0.000243. The first-order chi connectivity index (χ1) is 14.2. The number of aromatic nitrogens is 3. The molecule has 1 aliphatic rings. The van der Waals surface area contributed by atoms with Gasteiger partial charge in [-0.2, -0.15) is 5.10 Å². The van der Waals surface area contributed by atoms with Crippen molar-refractivity contribution in [3.63, 3.8) is 0 Å². The normalized spacial score (nSPS) is 17.1. The van der Waals surface area contributed by atoms with Crippen molar-refractivity contribution in [1.29, 1.82) is 0 Å². The molecule has 29 heavy (non-hydrogen) atoms. The fourth-order valence-corrected chi connectivity index (χ4v) is 4.09. The minimum Gasteiger partial charge on any atom is -0.486 e. The molecule has 0 saturated carbocycles. The van der Waals surface area contributed by atoms with Crippen LogP contribution in [0.25, 0.3) is 16.8 Å². The summed E-state index contributed by atoms with van der Waals surface area (Å²) in [6.45, 7) is 1.87. The van der Waals surface area contributed by atoms with E-state index in [1.807, 2.05) is 36.5 Å². The molecule has 0 N–H and O–H groups in total. The molecule has 5 rings (SSSR count). The molecule has 0 amide bonds. The van der Waals surface area contributed by atoms with E-state index < -0.39 is 0 Å². The highest BCUT2D eigenvalue weighted by atomic mass is 35.5. The van der Waals surface area contributed by atoms with Crippen LogP contribution < -0.4 is 4.74 Å². The van der Waals surface area contributed by atoms with Crippen LogP contribution in [0.15, 0.2) is 67.1 Å². The van der Waals surface area contributed by atoms with Crippen LogP contribution in [0.3, 0.4) is 0 Å². The summed E-state index contributed by atoms with van der Waals surface area (Å²) in [5.74, 6) is 0.804. The van der Waals surface area contributed by atoms with Gasteiger partial charge in [-0.25, -0.2) is 9.50 Å². The molecule has 0 saturated heterocycles. The zero-order chi connectivity index (χ0) is 19.8. The Hall–Kier alpha value is -2.89. The Balaban J connectivity index is 1.51. The van der Waals surface area contributed by atoms with E-state index in [0.29, 0.717) is 5.02 Å².